The minimum atomic E-state index is -0.202. The Hall–Kier alpha value is -2.04. The summed E-state index contributed by atoms with van der Waals surface area (Å²) < 4.78 is 0.745. The maximum atomic E-state index is 12.4. The Labute approximate surface area is 168 Å². The molecule has 2 aromatic heterocycles. The summed E-state index contributed by atoms with van der Waals surface area (Å²) in [5, 5.41) is 25.3. The lowest BCUT2D eigenvalue weighted by atomic mass is 9.72. The summed E-state index contributed by atoms with van der Waals surface area (Å²) in [6, 6.07) is 7.38. The highest BCUT2D eigenvalue weighted by Crippen LogP contribution is 2.44. The highest BCUT2D eigenvalue weighted by molar-refractivity contribution is 7.99. The molecule has 0 bridgehead atoms. The van der Waals surface area contributed by atoms with Crippen LogP contribution in [0.1, 0.15) is 43.2 Å². The zero-order valence-corrected chi connectivity index (χ0v) is 17.4. The maximum Gasteiger partial charge on any atom is 0.251 e. The number of rotatable bonds is 4. The van der Waals surface area contributed by atoms with E-state index >= 15 is 0 Å². The van der Waals surface area contributed by atoms with Gasteiger partial charge in [-0.1, -0.05) is 20.8 Å². The lowest BCUT2D eigenvalue weighted by Gasteiger charge is -2.33. The second-order valence-corrected chi connectivity index (χ2v) is 9.93. The summed E-state index contributed by atoms with van der Waals surface area (Å²) in [6.45, 7) is 6.77. The summed E-state index contributed by atoms with van der Waals surface area (Å²) in [5.74, 6) is 0.510. The Morgan fingerprint density at radius 3 is 2.93 bits per heavy atom. The van der Waals surface area contributed by atoms with Gasteiger partial charge < -0.3 is 10.5 Å². The molecule has 3 rings (SSSR count). The van der Waals surface area contributed by atoms with Crippen molar-refractivity contribution >= 4 is 34.0 Å². The van der Waals surface area contributed by atoms with E-state index in [9.17, 15) is 15.3 Å². The Bertz CT molecular complexity index is 894. The number of thiophene rings is 1. The van der Waals surface area contributed by atoms with E-state index in [1.807, 2.05) is 0 Å². The van der Waals surface area contributed by atoms with Crippen molar-refractivity contribution in [3.63, 3.8) is 0 Å². The number of nitriles is 1. The highest BCUT2D eigenvalue weighted by atomic mass is 32.2. The normalized spacial score (nSPS) is 16.4. The molecule has 7 heteroatoms. The molecule has 142 valence electrons. The van der Waals surface area contributed by atoms with Crippen LogP contribution < -0.4 is 10.0 Å². The second kappa shape index (κ2) is 7.91. The molecule has 0 spiro atoms. The molecule has 1 aliphatic carbocycles. The number of carbonyl (C=O) groups excluding carboxylic acids is 1. The average Bonchev–Trinajstić information content (AvgIpc) is 2.96. The predicted molar refractivity (Wildman–Crippen MR) is 109 cm³/mol. The van der Waals surface area contributed by atoms with E-state index in [4.69, 9.17) is 0 Å². The number of nitrogens with zero attached hydrogens (tertiary/aromatic N) is 2. The van der Waals surface area contributed by atoms with Gasteiger partial charge in [0, 0.05) is 17.0 Å². The molecule has 1 N–H and O–H groups in total. The van der Waals surface area contributed by atoms with Gasteiger partial charge in [-0.25, -0.2) is 0 Å². The maximum absolute atomic E-state index is 12.4. The topological polar surface area (TPSA) is 79.8 Å². The molecule has 27 heavy (non-hydrogen) atoms. The molecule has 0 aromatic carbocycles. The van der Waals surface area contributed by atoms with Crippen LogP contribution in [0.4, 0.5) is 5.00 Å². The number of amides is 1. The van der Waals surface area contributed by atoms with Crippen LogP contribution in [0.2, 0.25) is 0 Å². The number of aromatic nitrogens is 1. The van der Waals surface area contributed by atoms with Crippen molar-refractivity contribution in [1.82, 2.24) is 0 Å². The molecule has 0 unspecified atom stereocenters. The summed E-state index contributed by atoms with van der Waals surface area (Å²) in [4.78, 5) is 13.6. The van der Waals surface area contributed by atoms with E-state index in [-0.39, 0.29) is 17.1 Å². The standard InChI is InChI=1S/C20H23N3O2S2/c1-20(2,3)13-7-8-14-15(11-21)19(27-16(14)10-13)22-17(24)12-26-18-6-4-5-9-23(18)25/h4-6,9,13H,7-8,10,12H2,1-3H3,(H,22,24)/t13-/m0/s1. The van der Waals surface area contributed by atoms with Crippen molar-refractivity contribution in [2.75, 3.05) is 11.1 Å². The molecule has 2 aromatic rings. The van der Waals surface area contributed by atoms with Crippen LogP contribution in [0.15, 0.2) is 29.4 Å². The number of carbonyl (C=O) groups is 1. The summed E-state index contributed by atoms with van der Waals surface area (Å²) in [5.41, 5.74) is 1.95. The Morgan fingerprint density at radius 1 is 1.48 bits per heavy atom. The first-order valence-corrected chi connectivity index (χ1v) is 10.7. The van der Waals surface area contributed by atoms with Crippen molar-refractivity contribution in [1.29, 1.82) is 5.26 Å². The minimum Gasteiger partial charge on any atom is -0.618 e. The van der Waals surface area contributed by atoms with Crippen LogP contribution >= 0.6 is 23.1 Å². The molecular weight excluding hydrogens is 378 g/mol. The molecule has 1 amide bonds. The number of hydrogen-bond donors (Lipinski definition) is 1. The minimum absolute atomic E-state index is 0.129. The Kier molecular flexibility index (Phi) is 5.78. The fourth-order valence-electron chi connectivity index (χ4n) is 3.36. The van der Waals surface area contributed by atoms with Crippen molar-refractivity contribution in [2.45, 2.75) is 45.1 Å². The third kappa shape index (κ3) is 4.45. The number of nitrogens with one attached hydrogen (secondary N) is 1. The molecule has 0 fully saturated rings. The van der Waals surface area contributed by atoms with E-state index < -0.39 is 0 Å². The van der Waals surface area contributed by atoms with Gasteiger partial charge in [-0.15, -0.1) is 11.3 Å². The molecule has 1 atom stereocenters. The van der Waals surface area contributed by atoms with Crippen molar-refractivity contribution in [3.05, 3.63) is 45.6 Å². The smallest absolute Gasteiger partial charge is 0.251 e. The summed E-state index contributed by atoms with van der Waals surface area (Å²) in [6.07, 6.45) is 4.33. The summed E-state index contributed by atoms with van der Waals surface area (Å²) >= 11 is 2.72. The SMILES string of the molecule is CC(C)(C)[C@H]1CCc2c(sc(NC(=O)CSc3cccc[n+]3[O-])c2C#N)C1. The molecule has 0 radical (unpaired) electrons. The highest BCUT2D eigenvalue weighted by Gasteiger charge is 2.32. The number of fused-ring (bicyclic) bond motifs is 1. The van der Waals surface area contributed by atoms with Crippen LogP contribution in [0, 0.1) is 27.9 Å². The van der Waals surface area contributed by atoms with Crippen LogP contribution in [-0.2, 0) is 17.6 Å². The fourth-order valence-corrected chi connectivity index (χ4v) is 5.37. The third-order valence-corrected chi connectivity index (χ3v) is 7.18. The van der Waals surface area contributed by atoms with E-state index in [1.165, 1.54) is 34.2 Å². The third-order valence-electron chi connectivity index (χ3n) is 4.99. The van der Waals surface area contributed by atoms with Crippen LogP contribution in [0.5, 0.6) is 0 Å². The average molecular weight is 402 g/mol. The quantitative estimate of drug-likeness (QED) is 0.474. The molecule has 2 heterocycles. The van der Waals surface area contributed by atoms with Gasteiger partial charge in [-0.3, -0.25) is 4.79 Å². The van der Waals surface area contributed by atoms with Crippen LogP contribution in [0.3, 0.4) is 0 Å². The van der Waals surface area contributed by atoms with Crippen molar-refractivity contribution in [3.8, 4) is 6.07 Å². The van der Waals surface area contributed by atoms with Gasteiger partial charge in [0.15, 0.2) is 6.20 Å². The van der Waals surface area contributed by atoms with Crippen LogP contribution in [-0.4, -0.2) is 11.7 Å². The van der Waals surface area contributed by atoms with E-state index in [0.29, 0.717) is 21.5 Å². The van der Waals surface area contributed by atoms with Gasteiger partial charge in [0.25, 0.3) is 5.03 Å². The largest absolute Gasteiger partial charge is 0.618 e. The second-order valence-electron chi connectivity index (χ2n) is 7.83. The van der Waals surface area contributed by atoms with Crippen molar-refractivity contribution < 1.29 is 9.52 Å². The monoisotopic (exact) mass is 401 g/mol. The first-order chi connectivity index (χ1) is 12.8. The van der Waals surface area contributed by atoms with Gasteiger partial charge >= 0.3 is 0 Å². The van der Waals surface area contributed by atoms with E-state index in [2.05, 4.69) is 32.2 Å². The fraction of sp³-hybridized carbons (Fsp3) is 0.450. The predicted octanol–water partition coefficient (Wildman–Crippen LogP) is 4.13. The molecule has 0 saturated heterocycles. The van der Waals surface area contributed by atoms with Gasteiger partial charge in [0.2, 0.25) is 5.91 Å². The van der Waals surface area contributed by atoms with Crippen LogP contribution in [0.25, 0.3) is 0 Å². The number of hydrogen-bond acceptors (Lipinski definition) is 5. The zero-order chi connectivity index (χ0) is 19.6. The molecule has 1 aliphatic rings. The number of pyridine rings is 1. The molecule has 0 saturated carbocycles. The first kappa shape index (κ1) is 19.7. The molecular formula is C20H23N3O2S2. The van der Waals surface area contributed by atoms with Gasteiger partial charge in [-0.05, 0) is 54.0 Å². The lowest BCUT2D eigenvalue weighted by Crippen LogP contribution is -2.28. The Balaban J connectivity index is 1.71. The summed E-state index contributed by atoms with van der Waals surface area (Å²) in [7, 11) is 0. The van der Waals surface area contributed by atoms with E-state index in [1.54, 1.807) is 18.2 Å². The van der Waals surface area contributed by atoms with Crippen molar-refractivity contribution in [2.24, 2.45) is 11.3 Å². The lowest BCUT2D eigenvalue weighted by molar-refractivity contribution is -0.645. The Morgan fingerprint density at radius 2 is 2.26 bits per heavy atom. The van der Waals surface area contributed by atoms with Gasteiger partial charge in [-0.2, -0.15) is 9.99 Å². The number of anilines is 1. The molecule has 5 nitrogen and oxygen atoms in total. The number of thioether (sulfide) groups is 1. The zero-order valence-electron chi connectivity index (χ0n) is 15.7. The first-order valence-electron chi connectivity index (χ1n) is 8.95. The van der Waals surface area contributed by atoms with Gasteiger partial charge in [0.05, 0.1) is 11.3 Å². The molecule has 0 aliphatic heterocycles. The van der Waals surface area contributed by atoms with E-state index in [0.717, 1.165) is 29.6 Å². The van der Waals surface area contributed by atoms with Gasteiger partial charge in [0.1, 0.15) is 11.1 Å².